The van der Waals surface area contributed by atoms with Crippen LogP contribution in [0.25, 0.3) is 0 Å². The van der Waals surface area contributed by atoms with Gasteiger partial charge in [-0.15, -0.1) is 0 Å². The van der Waals surface area contributed by atoms with E-state index in [4.69, 9.17) is 10.5 Å². The first-order chi connectivity index (χ1) is 8.05. The van der Waals surface area contributed by atoms with E-state index < -0.39 is 5.54 Å². The molecule has 0 aromatic heterocycles. The van der Waals surface area contributed by atoms with Crippen molar-refractivity contribution in [3.05, 3.63) is 0 Å². The molecule has 0 spiro atoms. The van der Waals surface area contributed by atoms with Crippen LogP contribution in [0.2, 0.25) is 0 Å². The molecule has 4 unspecified atom stereocenters. The molecule has 4 atom stereocenters. The Morgan fingerprint density at radius 1 is 1.18 bits per heavy atom. The molecule has 2 saturated carbocycles. The fourth-order valence-electron chi connectivity index (χ4n) is 2.87. The highest BCUT2D eigenvalue weighted by molar-refractivity contribution is 4.98. The summed E-state index contributed by atoms with van der Waals surface area (Å²) in [6.45, 7) is 5.21. The molecule has 0 saturated heterocycles. The highest BCUT2D eigenvalue weighted by Crippen LogP contribution is 2.39. The molecule has 3 N–H and O–H groups in total. The third-order valence-corrected chi connectivity index (χ3v) is 4.82. The Hall–Kier alpha value is -0.120. The van der Waals surface area contributed by atoms with Crippen LogP contribution in [0.5, 0.6) is 0 Å². The number of rotatable bonds is 5. The van der Waals surface area contributed by atoms with Crippen LogP contribution < -0.4 is 5.73 Å². The minimum absolute atomic E-state index is 0.0519. The Kier molecular flexibility index (Phi) is 4.11. The molecule has 0 aliphatic heterocycles. The van der Waals surface area contributed by atoms with E-state index in [0.717, 1.165) is 37.5 Å². The fraction of sp³-hybridized carbons (Fsp3) is 1.00. The molecule has 0 heterocycles. The summed E-state index contributed by atoms with van der Waals surface area (Å²) >= 11 is 0. The van der Waals surface area contributed by atoms with Crippen molar-refractivity contribution in [3.63, 3.8) is 0 Å². The second-order valence-electron chi connectivity index (χ2n) is 6.37. The Morgan fingerprint density at radius 3 is 2.41 bits per heavy atom. The van der Waals surface area contributed by atoms with Gasteiger partial charge in [-0.1, -0.05) is 13.8 Å². The average molecular weight is 241 g/mol. The minimum Gasteiger partial charge on any atom is -0.394 e. The van der Waals surface area contributed by atoms with Crippen molar-refractivity contribution in [2.45, 2.75) is 57.6 Å². The SMILES string of the molecule is CC1CCC(OCC(N)(CO)C2CC2)CC1C. The molecule has 17 heavy (non-hydrogen) atoms. The lowest BCUT2D eigenvalue weighted by molar-refractivity contribution is -0.0352. The van der Waals surface area contributed by atoms with E-state index in [1.165, 1.54) is 6.42 Å². The molecule has 0 aromatic carbocycles. The Bertz CT molecular complexity index is 255. The van der Waals surface area contributed by atoms with Crippen molar-refractivity contribution in [1.82, 2.24) is 0 Å². The predicted octanol–water partition coefficient (Wildman–Crippen LogP) is 1.93. The van der Waals surface area contributed by atoms with Crippen molar-refractivity contribution in [1.29, 1.82) is 0 Å². The summed E-state index contributed by atoms with van der Waals surface area (Å²) in [6, 6.07) is 0. The third-order valence-electron chi connectivity index (χ3n) is 4.82. The van der Waals surface area contributed by atoms with Gasteiger partial charge in [0.15, 0.2) is 0 Å². The maximum absolute atomic E-state index is 9.41. The van der Waals surface area contributed by atoms with Gasteiger partial charge in [-0.3, -0.25) is 0 Å². The molecule has 0 radical (unpaired) electrons. The normalized spacial score (nSPS) is 37.8. The highest BCUT2D eigenvalue weighted by atomic mass is 16.5. The topological polar surface area (TPSA) is 55.5 Å². The van der Waals surface area contributed by atoms with Gasteiger partial charge in [0, 0.05) is 0 Å². The van der Waals surface area contributed by atoms with Gasteiger partial charge in [0.1, 0.15) is 0 Å². The maximum atomic E-state index is 9.41. The van der Waals surface area contributed by atoms with E-state index in [9.17, 15) is 5.11 Å². The van der Waals surface area contributed by atoms with Crippen LogP contribution in [-0.2, 0) is 4.74 Å². The van der Waals surface area contributed by atoms with Crippen LogP contribution in [0.15, 0.2) is 0 Å². The predicted molar refractivity (Wildman–Crippen MR) is 68.6 cm³/mol. The molecular weight excluding hydrogens is 214 g/mol. The summed E-state index contributed by atoms with van der Waals surface area (Å²) in [5, 5.41) is 9.41. The molecular formula is C14H27NO2. The van der Waals surface area contributed by atoms with Crippen LogP contribution in [0.1, 0.15) is 46.0 Å². The summed E-state index contributed by atoms with van der Waals surface area (Å²) in [4.78, 5) is 0. The number of ether oxygens (including phenoxy) is 1. The molecule has 2 aliphatic rings. The molecule has 2 aliphatic carbocycles. The van der Waals surface area contributed by atoms with Crippen LogP contribution in [0.3, 0.4) is 0 Å². The zero-order chi connectivity index (χ0) is 12.5. The molecule has 2 fully saturated rings. The smallest absolute Gasteiger partial charge is 0.0675 e. The second-order valence-corrected chi connectivity index (χ2v) is 6.37. The standard InChI is InChI=1S/C14H27NO2/c1-10-3-6-13(7-11(10)2)17-9-14(15,8-16)12-4-5-12/h10-13,16H,3-9,15H2,1-2H3. The number of nitrogens with two attached hydrogens (primary N) is 1. The number of aliphatic hydroxyl groups is 1. The average Bonchev–Trinajstić information content (AvgIpc) is 3.14. The fourth-order valence-corrected chi connectivity index (χ4v) is 2.87. The summed E-state index contributed by atoms with van der Waals surface area (Å²) in [5.41, 5.74) is 5.73. The number of hydrogen-bond acceptors (Lipinski definition) is 3. The van der Waals surface area contributed by atoms with Gasteiger partial charge in [-0.05, 0) is 49.9 Å². The lowest BCUT2D eigenvalue weighted by Crippen LogP contribution is -2.51. The van der Waals surface area contributed by atoms with Crippen LogP contribution in [0.4, 0.5) is 0 Å². The summed E-state index contributed by atoms with van der Waals surface area (Å²) in [6.07, 6.45) is 6.21. The number of hydrogen-bond donors (Lipinski definition) is 2. The van der Waals surface area contributed by atoms with Crippen LogP contribution in [0, 0.1) is 17.8 Å². The monoisotopic (exact) mass is 241 g/mol. The largest absolute Gasteiger partial charge is 0.394 e. The lowest BCUT2D eigenvalue weighted by Gasteiger charge is -2.35. The van der Waals surface area contributed by atoms with Crippen molar-refractivity contribution in [3.8, 4) is 0 Å². The van der Waals surface area contributed by atoms with Gasteiger partial charge >= 0.3 is 0 Å². The molecule has 0 bridgehead atoms. The first-order valence-electron chi connectivity index (χ1n) is 7.06. The second kappa shape index (κ2) is 5.25. The van der Waals surface area contributed by atoms with Gasteiger partial charge < -0.3 is 15.6 Å². The summed E-state index contributed by atoms with van der Waals surface area (Å²) in [5.74, 6) is 2.04. The zero-order valence-electron chi connectivity index (χ0n) is 11.2. The van der Waals surface area contributed by atoms with Gasteiger partial charge in [-0.25, -0.2) is 0 Å². The zero-order valence-corrected chi connectivity index (χ0v) is 11.2. The Balaban J connectivity index is 1.77. The summed E-state index contributed by atoms with van der Waals surface area (Å²) in [7, 11) is 0. The molecule has 0 aromatic rings. The van der Waals surface area contributed by atoms with Gasteiger partial charge in [0.25, 0.3) is 0 Å². The van der Waals surface area contributed by atoms with Gasteiger partial charge in [0.2, 0.25) is 0 Å². The van der Waals surface area contributed by atoms with Crippen LogP contribution in [-0.4, -0.2) is 30.0 Å². The van der Waals surface area contributed by atoms with Crippen molar-refractivity contribution < 1.29 is 9.84 Å². The Labute approximate surface area is 105 Å². The Morgan fingerprint density at radius 2 is 1.88 bits per heavy atom. The van der Waals surface area contributed by atoms with Gasteiger partial charge in [-0.2, -0.15) is 0 Å². The molecule has 0 amide bonds. The molecule has 3 heteroatoms. The third kappa shape index (κ3) is 3.21. The van der Waals surface area contributed by atoms with E-state index in [1.54, 1.807) is 0 Å². The van der Waals surface area contributed by atoms with Crippen molar-refractivity contribution in [2.24, 2.45) is 23.5 Å². The van der Waals surface area contributed by atoms with E-state index in [2.05, 4.69) is 13.8 Å². The van der Waals surface area contributed by atoms with Crippen molar-refractivity contribution in [2.75, 3.05) is 13.2 Å². The maximum Gasteiger partial charge on any atom is 0.0675 e. The minimum atomic E-state index is -0.480. The first kappa shape index (κ1) is 13.3. The number of aliphatic hydroxyl groups excluding tert-OH is 1. The molecule has 3 nitrogen and oxygen atoms in total. The quantitative estimate of drug-likeness (QED) is 0.773. The van der Waals surface area contributed by atoms with E-state index in [-0.39, 0.29) is 6.61 Å². The van der Waals surface area contributed by atoms with E-state index >= 15 is 0 Å². The first-order valence-corrected chi connectivity index (χ1v) is 7.06. The highest BCUT2D eigenvalue weighted by Gasteiger charge is 2.42. The lowest BCUT2D eigenvalue weighted by atomic mass is 9.80. The summed E-state index contributed by atoms with van der Waals surface area (Å²) < 4.78 is 5.97. The van der Waals surface area contributed by atoms with Crippen molar-refractivity contribution >= 4 is 0 Å². The molecule has 100 valence electrons. The van der Waals surface area contributed by atoms with E-state index in [1.807, 2.05) is 0 Å². The molecule has 2 rings (SSSR count). The van der Waals surface area contributed by atoms with Crippen LogP contribution >= 0.6 is 0 Å². The van der Waals surface area contributed by atoms with Gasteiger partial charge in [0.05, 0.1) is 24.9 Å². The van der Waals surface area contributed by atoms with E-state index in [0.29, 0.717) is 18.6 Å².